The second kappa shape index (κ2) is 5.85. The zero-order valence-corrected chi connectivity index (χ0v) is 10.0. The molecule has 0 aliphatic heterocycles. The molecular weight excluding hydrogens is 253 g/mol. The Balaban J connectivity index is 2.07. The molecule has 1 heterocycles. The minimum Gasteiger partial charge on any atom is -0.497 e. The molecule has 0 bridgehead atoms. The number of methoxy groups -OCH3 is 1. The molecule has 0 fully saturated rings. The predicted octanol–water partition coefficient (Wildman–Crippen LogP) is 2.60. The van der Waals surface area contributed by atoms with Gasteiger partial charge in [0.2, 0.25) is 5.82 Å². The van der Waals surface area contributed by atoms with Gasteiger partial charge in [0.15, 0.2) is 5.82 Å². The van der Waals surface area contributed by atoms with Gasteiger partial charge in [0, 0.05) is 0 Å². The summed E-state index contributed by atoms with van der Waals surface area (Å²) in [5, 5.41) is 2.44. The van der Waals surface area contributed by atoms with Crippen molar-refractivity contribution in [2.75, 3.05) is 7.11 Å². The molecular formula is C12H10FN3O3. The van der Waals surface area contributed by atoms with Crippen molar-refractivity contribution in [3.63, 3.8) is 0 Å². The van der Waals surface area contributed by atoms with Crippen molar-refractivity contribution >= 4 is 5.82 Å². The van der Waals surface area contributed by atoms with Gasteiger partial charge >= 0.3 is 6.01 Å². The lowest BCUT2D eigenvalue weighted by atomic mass is 10.2. The van der Waals surface area contributed by atoms with E-state index in [4.69, 9.17) is 9.47 Å². The molecule has 0 saturated heterocycles. The lowest BCUT2D eigenvalue weighted by Gasteiger charge is -2.06. The summed E-state index contributed by atoms with van der Waals surface area (Å²) in [6.45, 7) is 0.168. The van der Waals surface area contributed by atoms with E-state index in [0.717, 1.165) is 11.8 Å². The molecule has 1 aromatic carbocycles. The summed E-state index contributed by atoms with van der Waals surface area (Å²) in [6, 6.07) is 7.10. The number of nitroso groups, excluding NO2 is 1. The quantitative estimate of drug-likeness (QED) is 0.775. The van der Waals surface area contributed by atoms with Gasteiger partial charge in [0.1, 0.15) is 12.4 Å². The van der Waals surface area contributed by atoms with Crippen LogP contribution in [0.5, 0.6) is 11.8 Å². The summed E-state index contributed by atoms with van der Waals surface area (Å²) in [7, 11) is 1.56. The van der Waals surface area contributed by atoms with Crippen LogP contribution in [-0.4, -0.2) is 17.1 Å². The zero-order valence-electron chi connectivity index (χ0n) is 10.0. The van der Waals surface area contributed by atoms with Gasteiger partial charge in [-0.05, 0) is 22.9 Å². The highest BCUT2D eigenvalue weighted by molar-refractivity contribution is 5.29. The van der Waals surface area contributed by atoms with Crippen molar-refractivity contribution in [1.29, 1.82) is 0 Å². The van der Waals surface area contributed by atoms with E-state index in [0.29, 0.717) is 5.75 Å². The standard InChI is InChI=1S/C12H10FN3O3/c1-18-9-4-2-3-8(5-9)7-19-12-14-6-10(13)11(15-12)16-17/h2-6H,7H2,1H3. The van der Waals surface area contributed by atoms with Crippen LogP contribution in [0, 0.1) is 10.7 Å². The molecule has 0 N–H and O–H groups in total. The van der Waals surface area contributed by atoms with E-state index in [9.17, 15) is 9.30 Å². The average molecular weight is 263 g/mol. The number of hydrogen-bond acceptors (Lipinski definition) is 6. The first kappa shape index (κ1) is 12.9. The molecule has 0 aliphatic carbocycles. The first-order valence-electron chi connectivity index (χ1n) is 5.34. The Morgan fingerprint density at radius 2 is 2.26 bits per heavy atom. The summed E-state index contributed by atoms with van der Waals surface area (Å²) in [5.74, 6) is -0.768. The van der Waals surface area contributed by atoms with Crippen molar-refractivity contribution in [1.82, 2.24) is 9.97 Å². The maximum absolute atomic E-state index is 12.9. The number of benzene rings is 1. The van der Waals surface area contributed by atoms with Crippen LogP contribution < -0.4 is 9.47 Å². The normalized spacial score (nSPS) is 10.0. The van der Waals surface area contributed by atoms with Gasteiger partial charge in [-0.2, -0.15) is 4.98 Å². The third kappa shape index (κ3) is 3.21. The molecule has 2 rings (SSSR count). The van der Waals surface area contributed by atoms with Gasteiger partial charge in [0.25, 0.3) is 0 Å². The number of ether oxygens (including phenoxy) is 2. The van der Waals surface area contributed by atoms with Gasteiger partial charge in [-0.1, -0.05) is 12.1 Å². The average Bonchev–Trinajstić information content (AvgIpc) is 2.46. The third-order valence-corrected chi connectivity index (χ3v) is 2.29. The van der Waals surface area contributed by atoms with E-state index in [2.05, 4.69) is 15.1 Å². The van der Waals surface area contributed by atoms with Crippen LogP contribution in [0.25, 0.3) is 0 Å². The monoisotopic (exact) mass is 263 g/mol. The van der Waals surface area contributed by atoms with Gasteiger partial charge in [0.05, 0.1) is 13.3 Å². The zero-order chi connectivity index (χ0) is 13.7. The molecule has 0 saturated carbocycles. The molecule has 0 amide bonds. The Labute approximate surface area is 108 Å². The molecule has 0 atom stereocenters. The summed E-state index contributed by atoms with van der Waals surface area (Å²) >= 11 is 0. The summed E-state index contributed by atoms with van der Waals surface area (Å²) < 4.78 is 23.3. The number of halogens is 1. The fraction of sp³-hybridized carbons (Fsp3) is 0.167. The van der Waals surface area contributed by atoms with Crippen LogP contribution in [0.15, 0.2) is 35.6 Å². The Bertz CT molecular complexity index is 592. The molecule has 19 heavy (non-hydrogen) atoms. The summed E-state index contributed by atoms with van der Waals surface area (Å²) in [6.07, 6.45) is 0.838. The second-order valence-electron chi connectivity index (χ2n) is 3.56. The van der Waals surface area contributed by atoms with Crippen molar-refractivity contribution in [2.24, 2.45) is 5.18 Å². The molecule has 2 aromatic rings. The van der Waals surface area contributed by atoms with Gasteiger partial charge in [-0.25, -0.2) is 9.37 Å². The Kier molecular flexibility index (Phi) is 3.97. The number of rotatable bonds is 5. The number of aromatic nitrogens is 2. The van der Waals surface area contributed by atoms with E-state index in [1.165, 1.54) is 0 Å². The van der Waals surface area contributed by atoms with E-state index < -0.39 is 11.6 Å². The Hall–Kier alpha value is -2.57. The van der Waals surface area contributed by atoms with Crippen LogP contribution in [-0.2, 0) is 6.61 Å². The molecule has 0 spiro atoms. The highest BCUT2D eigenvalue weighted by Gasteiger charge is 2.08. The maximum atomic E-state index is 12.9. The highest BCUT2D eigenvalue weighted by Crippen LogP contribution is 2.17. The third-order valence-electron chi connectivity index (χ3n) is 2.29. The molecule has 1 aromatic heterocycles. The first-order chi connectivity index (χ1) is 9.22. The number of hydrogen-bond donors (Lipinski definition) is 0. The SMILES string of the molecule is COc1cccc(COc2ncc(F)c(N=O)n2)c1. The minimum absolute atomic E-state index is 0.112. The van der Waals surface area contributed by atoms with Crippen molar-refractivity contribution in [3.8, 4) is 11.8 Å². The Morgan fingerprint density at radius 3 is 3.00 bits per heavy atom. The first-order valence-corrected chi connectivity index (χ1v) is 5.34. The second-order valence-corrected chi connectivity index (χ2v) is 3.56. The highest BCUT2D eigenvalue weighted by atomic mass is 19.1. The van der Waals surface area contributed by atoms with Gasteiger partial charge in [-0.3, -0.25) is 0 Å². The van der Waals surface area contributed by atoms with Crippen LogP contribution >= 0.6 is 0 Å². The molecule has 7 heteroatoms. The fourth-order valence-corrected chi connectivity index (χ4v) is 1.39. The Morgan fingerprint density at radius 1 is 1.42 bits per heavy atom. The van der Waals surface area contributed by atoms with Crippen LogP contribution in [0.4, 0.5) is 10.2 Å². The van der Waals surface area contributed by atoms with E-state index in [1.54, 1.807) is 25.3 Å². The summed E-state index contributed by atoms with van der Waals surface area (Å²) in [5.41, 5.74) is 0.827. The fourth-order valence-electron chi connectivity index (χ4n) is 1.39. The minimum atomic E-state index is -0.885. The van der Waals surface area contributed by atoms with E-state index in [-0.39, 0.29) is 12.6 Å². The van der Waals surface area contributed by atoms with Gasteiger partial charge in [-0.15, -0.1) is 4.91 Å². The van der Waals surface area contributed by atoms with Crippen LogP contribution in [0.2, 0.25) is 0 Å². The maximum Gasteiger partial charge on any atom is 0.319 e. The van der Waals surface area contributed by atoms with Crippen LogP contribution in [0.3, 0.4) is 0 Å². The van der Waals surface area contributed by atoms with Crippen molar-refractivity contribution in [3.05, 3.63) is 46.8 Å². The molecule has 6 nitrogen and oxygen atoms in total. The largest absolute Gasteiger partial charge is 0.497 e. The predicted molar refractivity (Wildman–Crippen MR) is 64.8 cm³/mol. The summed E-state index contributed by atoms with van der Waals surface area (Å²) in [4.78, 5) is 17.4. The topological polar surface area (TPSA) is 73.7 Å². The smallest absolute Gasteiger partial charge is 0.319 e. The lowest BCUT2D eigenvalue weighted by Crippen LogP contribution is -2.00. The number of nitrogens with zero attached hydrogens (tertiary/aromatic N) is 3. The van der Waals surface area contributed by atoms with Crippen molar-refractivity contribution in [2.45, 2.75) is 6.61 Å². The molecule has 0 unspecified atom stereocenters. The van der Waals surface area contributed by atoms with E-state index >= 15 is 0 Å². The molecule has 0 aliphatic rings. The van der Waals surface area contributed by atoms with E-state index in [1.807, 2.05) is 6.07 Å². The lowest BCUT2D eigenvalue weighted by molar-refractivity contribution is 0.279. The van der Waals surface area contributed by atoms with Gasteiger partial charge < -0.3 is 9.47 Å². The van der Waals surface area contributed by atoms with Crippen LogP contribution in [0.1, 0.15) is 5.56 Å². The molecule has 0 radical (unpaired) electrons. The molecule has 98 valence electrons. The van der Waals surface area contributed by atoms with Crippen molar-refractivity contribution < 1.29 is 13.9 Å².